The highest BCUT2D eigenvalue weighted by atomic mass is 16.4. The van der Waals surface area contributed by atoms with Gasteiger partial charge in [-0.05, 0) is 31.0 Å². The van der Waals surface area contributed by atoms with Crippen LogP contribution >= 0.6 is 0 Å². The summed E-state index contributed by atoms with van der Waals surface area (Å²) in [5.41, 5.74) is 2.04. The maximum Gasteiger partial charge on any atom is 0.306 e. The van der Waals surface area contributed by atoms with Crippen molar-refractivity contribution >= 4 is 5.97 Å². The lowest BCUT2D eigenvalue weighted by Gasteiger charge is -2.09. The monoisotopic (exact) mass is 244 g/mol. The van der Waals surface area contributed by atoms with Crippen molar-refractivity contribution in [2.24, 2.45) is 5.92 Å². The SMILES string of the molecule is Cc1nccn1-c1cccc(CC(C)C(=O)O)c1. The van der Waals surface area contributed by atoms with Gasteiger partial charge in [0.15, 0.2) is 0 Å². The van der Waals surface area contributed by atoms with Crippen LogP contribution in [-0.4, -0.2) is 20.6 Å². The van der Waals surface area contributed by atoms with E-state index in [2.05, 4.69) is 4.98 Å². The summed E-state index contributed by atoms with van der Waals surface area (Å²) >= 11 is 0. The predicted octanol–water partition coefficient (Wildman–Crippen LogP) is 2.44. The molecule has 0 aliphatic rings. The fraction of sp³-hybridized carbons (Fsp3) is 0.286. The highest BCUT2D eigenvalue weighted by Crippen LogP contribution is 2.15. The molecule has 4 nitrogen and oxygen atoms in total. The lowest BCUT2D eigenvalue weighted by Crippen LogP contribution is -2.12. The molecule has 1 aromatic carbocycles. The van der Waals surface area contributed by atoms with Gasteiger partial charge in [-0.15, -0.1) is 0 Å². The molecule has 0 saturated carbocycles. The molecule has 2 aromatic rings. The zero-order valence-corrected chi connectivity index (χ0v) is 10.5. The first-order valence-corrected chi connectivity index (χ1v) is 5.90. The summed E-state index contributed by atoms with van der Waals surface area (Å²) in [6, 6.07) is 7.89. The number of aliphatic carboxylic acids is 1. The molecule has 1 heterocycles. The van der Waals surface area contributed by atoms with Gasteiger partial charge < -0.3 is 9.67 Å². The van der Waals surface area contributed by atoms with E-state index in [4.69, 9.17) is 5.11 Å². The van der Waals surface area contributed by atoms with Crippen molar-refractivity contribution < 1.29 is 9.90 Å². The summed E-state index contributed by atoms with van der Waals surface area (Å²) in [6.45, 7) is 3.66. The highest BCUT2D eigenvalue weighted by molar-refractivity contribution is 5.69. The summed E-state index contributed by atoms with van der Waals surface area (Å²) in [5, 5.41) is 8.93. The molecule has 1 atom stereocenters. The van der Waals surface area contributed by atoms with Crippen molar-refractivity contribution in [1.82, 2.24) is 9.55 Å². The van der Waals surface area contributed by atoms with Gasteiger partial charge in [0.25, 0.3) is 0 Å². The molecule has 0 saturated heterocycles. The summed E-state index contributed by atoms with van der Waals surface area (Å²) in [5.74, 6) is -0.221. The van der Waals surface area contributed by atoms with Gasteiger partial charge in [0.05, 0.1) is 5.92 Å². The number of imidazole rings is 1. The van der Waals surface area contributed by atoms with Crippen LogP contribution in [0.1, 0.15) is 18.3 Å². The molecule has 4 heteroatoms. The summed E-state index contributed by atoms with van der Waals surface area (Å²) < 4.78 is 1.98. The van der Waals surface area contributed by atoms with Crippen LogP contribution in [0.2, 0.25) is 0 Å². The molecule has 0 aliphatic heterocycles. The second kappa shape index (κ2) is 5.04. The van der Waals surface area contributed by atoms with E-state index in [-0.39, 0.29) is 5.92 Å². The van der Waals surface area contributed by atoms with Crippen LogP contribution in [0.5, 0.6) is 0 Å². The molecule has 0 fully saturated rings. The molecule has 0 aliphatic carbocycles. The van der Waals surface area contributed by atoms with E-state index >= 15 is 0 Å². The minimum Gasteiger partial charge on any atom is -0.481 e. The van der Waals surface area contributed by atoms with Crippen molar-refractivity contribution in [2.75, 3.05) is 0 Å². The number of carboxylic acid groups (broad SMARTS) is 1. The number of hydrogen-bond acceptors (Lipinski definition) is 2. The third-order valence-corrected chi connectivity index (χ3v) is 2.98. The number of nitrogens with zero attached hydrogens (tertiary/aromatic N) is 2. The van der Waals surface area contributed by atoms with Gasteiger partial charge in [-0.25, -0.2) is 4.98 Å². The maximum atomic E-state index is 10.9. The Hall–Kier alpha value is -2.10. The predicted molar refractivity (Wildman–Crippen MR) is 68.8 cm³/mol. The molecule has 0 spiro atoms. The van der Waals surface area contributed by atoms with Crippen molar-refractivity contribution in [3.8, 4) is 5.69 Å². The number of rotatable bonds is 4. The van der Waals surface area contributed by atoms with Crippen molar-refractivity contribution in [2.45, 2.75) is 20.3 Å². The number of carboxylic acids is 1. The Balaban J connectivity index is 2.26. The molecule has 0 radical (unpaired) electrons. The Bertz CT molecular complexity index is 560. The smallest absolute Gasteiger partial charge is 0.306 e. The van der Waals surface area contributed by atoms with E-state index in [1.54, 1.807) is 13.1 Å². The lowest BCUT2D eigenvalue weighted by atomic mass is 10.0. The normalized spacial score (nSPS) is 12.3. The quantitative estimate of drug-likeness (QED) is 0.898. The van der Waals surface area contributed by atoms with Crippen LogP contribution in [0.25, 0.3) is 5.69 Å². The van der Waals surface area contributed by atoms with Crippen molar-refractivity contribution in [3.05, 3.63) is 48.0 Å². The number of aromatic nitrogens is 2. The number of carbonyl (C=O) groups is 1. The van der Waals surface area contributed by atoms with Gasteiger partial charge in [-0.2, -0.15) is 0 Å². The zero-order chi connectivity index (χ0) is 13.1. The highest BCUT2D eigenvalue weighted by Gasteiger charge is 2.12. The van der Waals surface area contributed by atoms with E-state index in [9.17, 15) is 4.79 Å². The van der Waals surface area contributed by atoms with E-state index in [0.717, 1.165) is 17.1 Å². The first kappa shape index (κ1) is 12.4. The van der Waals surface area contributed by atoms with Crippen LogP contribution in [0.4, 0.5) is 0 Å². The Morgan fingerprint density at radius 2 is 2.28 bits per heavy atom. The topological polar surface area (TPSA) is 55.1 Å². The molecule has 0 bridgehead atoms. The molecule has 2 rings (SSSR count). The van der Waals surface area contributed by atoms with E-state index in [0.29, 0.717) is 6.42 Å². The van der Waals surface area contributed by atoms with Gasteiger partial charge in [0, 0.05) is 18.1 Å². The number of hydrogen-bond donors (Lipinski definition) is 1. The molecule has 94 valence electrons. The minimum absolute atomic E-state index is 0.371. The van der Waals surface area contributed by atoms with Crippen molar-refractivity contribution in [3.63, 3.8) is 0 Å². The molecule has 1 aromatic heterocycles. The fourth-order valence-corrected chi connectivity index (χ4v) is 1.92. The second-order valence-electron chi connectivity index (χ2n) is 4.46. The largest absolute Gasteiger partial charge is 0.481 e. The van der Waals surface area contributed by atoms with Crippen LogP contribution < -0.4 is 0 Å². The Morgan fingerprint density at radius 3 is 2.89 bits per heavy atom. The summed E-state index contributed by atoms with van der Waals surface area (Å²) in [6.07, 6.45) is 4.19. The fourth-order valence-electron chi connectivity index (χ4n) is 1.92. The van der Waals surface area contributed by atoms with Crippen LogP contribution in [0.15, 0.2) is 36.7 Å². The van der Waals surface area contributed by atoms with Crippen LogP contribution in [0.3, 0.4) is 0 Å². The van der Waals surface area contributed by atoms with Crippen LogP contribution in [-0.2, 0) is 11.2 Å². The average molecular weight is 244 g/mol. The molecule has 18 heavy (non-hydrogen) atoms. The Morgan fingerprint density at radius 1 is 1.50 bits per heavy atom. The van der Waals surface area contributed by atoms with Gasteiger partial charge in [0.1, 0.15) is 5.82 Å². The van der Waals surface area contributed by atoms with Gasteiger partial charge in [-0.3, -0.25) is 4.79 Å². The number of aryl methyl sites for hydroxylation is 1. The Kier molecular flexibility index (Phi) is 3.46. The molecule has 1 N–H and O–H groups in total. The van der Waals surface area contributed by atoms with Gasteiger partial charge >= 0.3 is 5.97 Å². The van der Waals surface area contributed by atoms with E-state index in [1.165, 1.54) is 0 Å². The first-order valence-electron chi connectivity index (χ1n) is 5.90. The molecule has 0 amide bonds. The van der Waals surface area contributed by atoms with Crippen molar-refractivity contribution in [1.29, 1.82) is 0 Å². The molecule has 1 unspecified atom stereocenters. The first-order chi connectivity index (χ1) is 8.58. The third kappa shape index (κ3) is 2.59. The third-order valence-electron chi connectivity index (χ3n) is 2.98. The standard InChI is InChI=1S/C14H16N2O2/c1-10(14(17)18)8-12-4-3-5-13(9-12)16-7-6-15-11(16)2/h3-7,9-10H,8H2,1-2H3,(H,17,18). The average Bonchev–Trinajstić information content (AvgIpc) is 2.75. The second-order valence-corrected chi connectivity index (χ2v) is 4.46. The maximum absolute atomic E-state index is 10.9. The summed E-state index contributed by atoms with van der Waals surface area (Å²) in [7, 11) is 0. The number of benzene rings is 1. The molecular weight excluding hydrogens is 228 g/mol. The lowest BCUT2D eigenvalue weighted by molar-refractivity contribution is -0.141. The van der Waals surface area contributed by atoms with E-state index in [1.807, 2.05) is 42.0 Å². The minimum atomic E-state index is -0.765. The zero-order valence-electron chi connectivity index (χ0n) is 10.5. The summed E-state index contributed by atoms with van der Waals surface area (Å²) in [4.78, 5) is 15.0. The molecular formula is C14H16N2O2. The van der Waals surface area contributed by atoms with Gasteiger partial charge in [-0.1, -0.05) is 19.1 Å². The Labute approximate surface area is 106 Å². The van der Waals surface area contributed by atoms with Crippen LogP contribution in [0, 0.1) is 12.8 Å². The van der Waals surface area contributed by atoms with E-state index < -0.39 is 5.97 Å². The van der Waals surface area contributed by atoms with Gasteiger partial charge in [0.2, 0.25) is 0 Å².